The summed E-state index contributed by atoms with van der Waals surface area (Å²) >= 11 is 1.81. The van der Waals surface area contributed by atoms with Gasteiger partial charge in [0.2, 0.25) is 5.91 Å². The number of rotatable bonds is 2. The minimum absolute atomic E-state index is 0.0758. The molecule has 6 heteroatoms. The summed E-state index contributed by atoms with van der Waals surface area (Å²) in [6.45, 7) is 7.21. The van der Waals surface area contributed by atoms with Gasteiger partial charge >= 0.3 is 0 Å². The molecular formula is C18H22N4OS. The highest BCUT2D eigenvalue weighted by atomic mass is 32.1. The van der Waals surface area contributed by atoms with Gasteiger partial charge in [0.1, 0.15) is 5.82 Å². The molecule has 2 aromatic rings. The third-order valence-electron chi connectivity index (χ3n) is 5.01. The van der Waals surface area contributed by atoms with Gasteiger partial charge in [-0.15, -0.1) is 11.3 Å². The zero-order chi connectivity index (χ0) is 16.7. The Labute approximate surface area is 146 Å². The lowest BCUT2D eigenvalue weighted by atomic mass is 10.0. The maximum atomic E-state index is 12.9. The molecule has 0 radical (unpaired) electrons. The van der Waals surface area contributed by atoms with Gasteiger partial charge in [-0.3, -0.25) is 9.78 Å². The fraction of sp³-hybridized carbons (Fsp3) is 0.500. The van der Waals surface area contributed by atoms with E-state index in [0.29, 0.717) is 5.91 Å². The van der Waals surface area contributed by atoms with Crippen molar-refractivity contribution in [3.63, 3.8) is 0 Å². The van der Waals surface area contributed by atoms with Crippen LogP contribution in [0.1, 0.15) is 28.2 Å². The molecule has 4 rings (SSSR count). The number of hydrogen-bond donors (Lipinski definition) is 0. The summed E-state index contributed by atoms with van der Waals surface area (Å²) in [7, 11) is 0. The van der Waals surface area contributed by atoms with Gasteiger partial charge in [-0.25, -0.2) is 4.98 Å². The predicted molar refractivity (Wildman–Crippen MR) is 95.3 cm³/mol. The van der Waals surface area contributed by atoms with E-state index >= 15 is 0 Å². The Morgan fingerprint density at radius 1 is 1.33 bits per heavy atom. The maximum Gasteiger partial charge on any atom is 0.227 e. The number of nitrogens with zero attached hydrogens (tertiary/aromatic N) is 4. The monoisotopic (exact) mass is 342 g/mol. The van der Waals surface area contributed by atoms with Gasteiger partial charge in [0.25, 0.3) is 0 Å². The largest absolute Gasteiger partial charge is 0.354 e. The Morgan fingerprint density at radius 3 is 3.08 bits per heavy atom. The van der Waals surface area contributed by atoms with Crippen LogP contribution in [0.4, 0.5) is 5.82 Å². The second-order valence-electron chi connectivity index (χ2n) is 6.73. The molecule has 1 fully saturated rings. The van der Waals surface area contributed by atoms with Crippen molar-refractivity contribution < 1.29 is 4.79 Å². The third kappa shape index (κ3) is 2.79. The van der Waals surface area contributed by atoms with Crippen LogP contribution >= 0.6 is 11.3 Å². The van der Waals surface area contributed by atoms with Crippen LogP contribution in [0, 0.1) is 19.8 Å². The van der Waals surface area contributed by atoms with Gasteiger partial charge in [-0.1, -0.05) is 0 Å². The van der Waals surface area contributed by atoms with Crippen molar-refractivity contribution in [2.24, 2.45) is 5.92 Å². The first-order valence-electron chi connectivity index (χ1n) is 8.51. The van der Waals surface area contributed by atoms with Crippen LogP contribution < -0.4 is 4.90 Å². The molecule has 4 heterocycles. The van der Waals surface area contributed by atoms with Gasteiger partial charge in [-0.05, 0) is 43.7 Å². The average molecular weight is 342 g/mol. The van der Waals surface area contributed by atoms with Crippen molar-refractivity contribution in [3.05, 3.63) is 39.5 Å². The van der Waals surface area contributed by atoms with E-state index in [-0.39, 0.29) is 5.92 Å². The van der Waals surface area contributed by atoms with Crippen molar-refractivity contribution in [1.29, 1.82) is 0 Å². The summed E-state index contributed by atoms with van der Waals surface area (Å²) in [6.07, 6.45) is 3.70. The first-order chi connectivity index (χ1) is 11.6. The average Bonchev–Trinajstić information content (AvgIpc) is 3.24. The second-order valence-corrected chi connectivity index (χ2v) is 7.73. The van der Waals surface area contributed by atoms with Gasteiger partial charge < -0.3 is 9.80 Å². The van der Waals surface area contributed by atoms with Crippen LogP contribution in [0.5, 0.6) is 0 Å². The van der Waals surface area contributed by atoms with Crippen LogP contribution in [-0.4, -0.2) is 40.4 Å². The molecule has 2 aliphatic heterocycles. The van der Waals surface area contributed by atoms with E-state index < -0.39 is 0 Å². The highest BCUT2D eigenvalue weighted by Gasteiger charge is 2.34. The fourth-order valence-corrected chi connectivity index (χ4v) is 4.56. The Morgan fingerprint density at radius 2 is 2.21 bits per heavy atom. The molecule has 1 amide bonds. The molecule has 0 aromatic carbocycles. The Bertz CT molecular complexity index is 772. The first-order valence-corrected chi connectivity index (χ1v) is 9.39. The third-order valence-corrected chi connectivity index (χ3v) is 6.03. The smallest absolute Gasteiger partial charge is 0.227 e. The van der Waals surface area contributed by atoms with E-state index in [4.69, 9.17) is 0 Å². The standard InChI is InChI=1S/C18H22N4OS/c1-12-9-19-13(2)17(20-12)21-6-3-15(11-21)18(23)22-7-4-16-14(10-22)5-8-24-16/h5,8-9,15H,3-4,6-7,10-11H2,1-2H3. The number of carbonyl (C=O) groups is 1. The molecule has 5 nitrogen and oxygen atoms in total. The molecule has 0 spiro atoms. The molecule has 126 valence electrons. The van der Waals surface area contributed by atoms with E-state index in [1.165, 1.54) is 10.4 Å². The lowest BCUT2D eigenvalue weighted by Gasteiger charge is -2.29. The van der Waals surface area contributed by atoms with Crippen molar-refractivity contribution in [1.82, 2.24) is 14.9 Å². The van der Waals surface area contributed by atoms with Gasteiger partial charge in [0.15, 0.2) is 0 Å². The number of fused-ring (bicyclic) bond motifs is 1. The van der Waals surface area contributed by atoms with E-state index in [9.17, 15) is 4.79 Å². The zero-order valence-electron chi connectivity index (χ0n) is 14.2. The van der Waals surface area contributed by atoms with E-state index in [0.717, 1.165) is 56.2 Å². The summed E-state index contributed by atoms with van der Waals surface area (Å²) in [5, 5.41) is 2.13. The quantitative estimate of drug-likeness (QED) is 0.842. The van der Waals surface area contributed by atoms with Gasteiger partial charge in [0.05, 0.1) is 17.3 Å². The van der Waals surface area contributed by atoms with Gasteiger partial charge in [0, 0.05) is 37.3 Å². The number of hydrogen-bond acceptors (Lipinski definition) is 5. The Kier molecular flexibility index (Phi) is 4.00. The molecule has 0 bridgehead atoms. The van der Waals surface area contributed by atoms with Crippen LogP contribution in [0.25, 0.3) is 0 Å². The second kappa shape index (κ2) is 6.16. The summed E-state index contributed by atoms with van der Waals surface area (Å²) in [5.74, 6) is 1.31. The van der Waals surface area contributed by atoms with E-state index in [2.05, 4.69) is 26.3 Å². The highest BCUT2D eigenvalue weighted by Crippen LogP contribution is 2.29. The van der Waals surface area contributed by atoms with Crippen molar-refractivity contribution in [2.45, 2.75) is 33.2 Å². The number of thiophene rings is 1. The zero-order valence-corrected chi connectivity index (χ0v) is 15.0. The highest BCUT2D eigenvalue weighted by molar-refractivity contribution is 7.10. The van der Waals surface area contributed by atoms with Crippen LogP contribution in [-0.2, 0) is 17.8 Å². The molecule has 1 atom stereocenters. The number of aryl methyl sites for hydroxylation is 2. The van der Waals surface area contributed by atoms with Crippen LogP contribution in [0.3, 0.4) is 0 Å². The minimum Gasteiger partial charge on any atom is -0.354 e. The lowest BCUT2D eigenvalue weighted by Crippen LogP contribution is -2.40. The molecule has 0 N–H and O–H groups in total. The molecule has 0 saturated carbocycles. The van der Waals surface area contributed by atoms with E-state index in [1.54, 1.807) is 6.20 Å². The maximum absolute atomic E-state index is 12.9. The molecule has 1 unspecified atom stereocenters. The first kappa shape index (κ1) is 15.6. The normalized spacial score (nSPS) is 20.3. The van der Waals surface area contributed by atoms with E-state index in [1.807, 2.05) is 30.1 Å². The Hall–Kier alpha value is -1.95. The molecule has 0 aliphatic carbocycles. The van der Waals surface area contributed by atoms with Gasteiger partial charge in [-0.2, -0.15) is 0 Å². The molecule has 2 aromatic heterocycles. The van der Waals surface area contributed by atoms with Crippen molar-refractivity contribution in [3.8, 4) is 0 Å². The topological polar surface area (TPSA) is 49.3 Å². The Balaban J connectivity index is 1.45. The molecule has 1 saturated heterocycles. The summed E-state index contributed by atoms with van der Waals surface area (Å²) in [4.78, 5) is 27.7. The van der Waals surface area contributed by atoms with Crippen molar-refractivity contribution >= 4 is 23.1 Å². The lowest BCUT2D eigenvalue weighted by molar-refractivity contribution is -0.135. The van der Waals surface area contributed by atoms with Crippen LogP contribution in [0.15, 0.2) is 17.6 Å². The predicted octanol–water partition coefficient (Wildman–Crippen LogP) is 2.57. The number of amides is 1. The summed E-state index contributed by atoms with van der Waals surface area (Å²) in [6, 6.07) is 2.16. The number of aromatic nitrogens is 2. The van der Waals surface area contributed by atoms with Crippen LogP contribution in [0.2, 0.25) is 0 Å². The number of anilines is 1. The molecule has 24 heavy (non-hydrogen) atoms. The number of carbonyl (C=O) groups excluding carboxylic acids is 1. The van der Waals surface area contributed by atoms with Crippen molar-refractivity contribution in [2.75, 3.05) is 24.5 Å². The minimum atomic E-state index is 0.0758. The molecular weight excluding hydrogens is 320 g/mol. The summed E-state index contributed by atoms with van der Waals surface area (Å²) < 4.78 is 0. The SMILES string of the molecule is Cc1cnc(C)c(N2CCC(C(=O)N3CCc4sccc4C3)C2)n1. The summed E-state index contributed by atoms with van der Waals surface area (Å²) in [5.41, 5.74) is 3.19. The fourth-order valence-electron chi connectivity index (χ4n) is 3.67. The molecule has 2 aliphatic rings.